The zero-order valence-electron chi connectivity index (χ0n) is 14.0. The van der Waals surface area contributed by atoms with Crippen molar-refractivity contribution in [1.29, 1.82) is 0 Å². The molecule has 1 amide bonds. The highest BCUT2D eigenvalue weighted by Crippen LogP contribution is 2.23. The largest absolute Gasteiger partial charge is 0.497 e. The van der Waals surface area contributed by atoms with Crippen molar-refractivity contribution in [2.75, 3.05) is 13.7 Å². The van der Waals surface area contributed by atoms with Gasteiger partial charge in [-0.05, 0) is 25.1 Å². The lowest BCUT2D eigenvalue weighted by atomic mass is 10.1. The van der Waals surface area contributed by atoms with Gasteiger partial charge in [-0.25, -0.2) is 4.98 Å². The minimum atomic E-state index is -0.165. The van der Waals surface area contributed by atoms with Crippen molar-refractivity contribution in [2.45, 2.75) is 19.9 Å². The van der Waals surface area contributed by atoms with Gasteiger partial charge in [0, 0.05) is 29.9 Å². The Labute approximate surface area is 143 Å². The molecule has 0 aliphatic carbocycles. The molecule has 3 aromatic rings. The number of nitrogens with one attached hydrogen (secondary N) is 2. The zero-order chi connectivity index (χ0) is 17.6. The summed E-state index contributed by atoms with van der Waals surface area (Å²) in [6.07, 6.45) is 0.583. The minimum absolute atomic E-state index is 0.124. The van der Waals surface area contributed by atoms with Gasteiger partial charge in [-0.15, -0.1) is 0 Å². The van der Waals surface area contributed by atoms with Crippen LogP contribution in [0, 0.1) is 6.92 Å². The van der Waals surface area contributed by atoms with Crippen molar-refractivity contribution >= 4 is 16.8 Å². The van der Waals surface area contributed by atoms with Crippen molar-refractivity contribution in [3.8, 4) is 5.75 Å². The highest BCUT2D eigenvalue weighted by molar-refractivity contribution is 5.98. The van der Waals surface area contributed by atoms with E-state index in [4.69, 9.17) is 4.74 Å². The fourth-order valence-corrected chi connectivity index (χ4v) is 3.24. The SMILES string of the molecule is COc1ccc2cc(C(=O)N3CCc4nc(C)[nH]c(=O)c4C3)[nH]c2c1. The number of aromatic nitrogens is 3. The molecule has 3 heterocycles. The second-order valence-electron chi connectivity index (χ2n) is 6.19. The number of carbonyl (C=O) groups excluding carboxylic acids is 1. The molecule has 1 aromatic carbocycles. The van der Waals surface area contributed by atoms with E-state index in [1.165, 1.54) is 0 Å². The molecule has 7 nitrogen and oxygen atoms in total. The van der Waals surface area contributed by atoms with E-state index in [1.807, 2.05) is 24.3 Å². The molecule has 0 spiro atoms. The maximum absolute atomic E-state index is 12.8. The van der Waals surface area contributed by atoms with Crippen LogP contribution in [0.1, 0.15) is 27.6 Å². The van der Waals surface area contributed by atoms with Gasteiger partial charge in [0.05, 0.1) is 24.9 Å². The number of fused-ring (bicyclic) bond motifs is 2. The summed E-state index contributed by atoms with van der Waals surface area (Å²) >= 11 is 0. The number of amides is 1. The highest BCUT2D eigenvalue weighted by Gasteiger charge is 2.25. The van der Waals surface area contributed by atoms with E-state index >= 15 is 0 Å². The summed E-state index contributed by atoms with van der Waals surface area (Å²) in [5.41, 5.74) is 2.54. The third kappa shape index (κ3) is 2.67. The maximum Gasteiger partial charge on any atom is 0.270 e. The quantitative estimate of drug-likeness (QED) is 0.745. The number of carbonyl (C=O) groups is 1. The van der Waals surface area contributed by atoms with Gasteiger partial charge in [0.1, 0.15) is 17.3 Å². The average Bonchev–Trinajstić information content (AvgIpc) is 3.03. The normalized spacial score (nSPS) is 13.8. The molecule has 2 N–H and O–H groups in total. The Bertz CT molecular complexity index is 1030. The lowest BCUT2D eigenvalue weighted by Gasteiger charge is -2.27. The van der Waals surface area contributed by atoms with E-state index in [9.17, 15) is 9.59 Å². The Morgan fingerprint density at radius 3 is 2.92 bits per heavy atom. The number of hydrogen-bond acceptors (Lipinski definition) is 4. The number of aromatic amines is 2. The molecule has 0 saturated carbocycles. The molecule has 128 valence electrons. The number of methoxy groups -OCH3 is 1. The first kappa shape index (κ1) is 15.4. The Kier molecular flexibility index (Phi) is 3.56. The van der Waals surface area contributed by atoms with Crippen LogP contribution >= 0.6 is 0 Å². The van der Waals surface area contributed by atoms with Crippen LogP contribution < -0.4 is 10.3 Å². The number of benzene rings is 1. The molecular formula is C18H18N4O3. The monoisotopic (exact) mass is 338 g/mol. The molecule has 0 unspecified atom stereocenters. The first-order valence-corrected chi connectivity index (χ1v) is 8.10. The van der Waals surface area contributed by atoms with Gasteiger partial charge < -0.3 is 19.6 Å². The molecule has 1 aliphatic heterocycles. The highest BCUT2D eigenvalue weighted by atomic mass is 16.5. The number of rotatable bonds is 2. The molecule has 1 aliphatic rings. The summed E-state index contributed by atoms with van der Waals surface area (Å²) in [5, 5.41) is 0.941. The van der Waals surface area contributed by atoms with E-state index < -0.39 is 0 Å². The number of aryl methyl sites for hydroxylation is 1. The number of ether oxygens (including phenoxy) is 1. The molecule has 25 heavy (non-hydrogen) atoms. The second kappa shape index (κ2) is 5.77. The van der Waals surface area contributed by atoms with Gasteiger partial charge in [-0.3, -0.25) is 9.59 Å². The van der Waals surface area contributed by atoms with E-state index in [0.717, 1.165) is 22.3 Å². The lowest BCUT2D eigenvalue weighted by Crippen LogP contribution is -2.39. The number of H-pyrrole nitrogens is 2. The minimum Gasteiger partial charge on any atom is -0.497 e. The van der Waals surface area contributed by atoms with Gasteiger partial charge in [0.2, 0.25) is 0 Å². The molecule has 4 rings (SSSR count). The van der Waals surface area contributed by atoms with Crippen LogP contribution in [0.15, 0.2) is 29.1 Å². The molecule has 0 saturated heterocycles. The first-order chi connectivity index (χ1) is 12.0. The molecule has 2 aromatic heterocycles. The molecule has 0 atom stereocenters. The van der Waals surface area contributed by atoms with Crippen LogP contribution in [0.2, 0.25) is 0 Å². The average molecular weight is 338 g/mol. The third-order valence-corrected chi connectivity index (χ3v) is 4.53. The second-order valence-corrected chi connectivity index (χ2v) is 6.19. The number of nitrogens with zero attached hydrogens (tertiary/aromatic N) is 2. The van der Waals surface area contributed by atoms with Gasteiger partial charge in [0.15, 0.2) is 0 Å². The Morgan fingerprint density at radius 2 is 2.12 bits per heavy atom. The van der Waals surface area contributed by atoms with Crippen LogP contribution in [-0.2, 0) is 13.0 Å². The molecule has 0 radical (unpaired) electrons. The van der Waals surface area contributed by atoms with Crippen molar-refractivity contribution in [3.05, 3.63) is 57.4 Å². The first-order valence-electron chi connectivity index (χ1n) is 8.10. The molecule has 0 fully saturated rings. The third-order valence-electron chi connectivity index (χ3n) is 4.53. The predicted molar refractivity (Wildman–Crippen MR) is 92.9 cm³/mol. The number of hydrogen-bond donors (Lipinski definition) is 2. The maximum atomic E-state index is 12.8. The van der Waals surface area contributed by atoms with Gasteiger partial charge >= 0.3 is 0 Å². The van der Waals surface area contributed by atoms with E-state index in [0.29, 0.717) is 30.0 Å². The van der Waals surface area contributed by atoms with Crippen LogP contribution in [0.25, 0.3) is 10.9 Å². The van der Waals surface area contributed by atoms with E-state index in [-0.39, 0.29) is 18.0 Å². The van der Waals surface area contributed by atoms with Crippen molar-refractivity contribution in [1.82, 2.24) is 19.9 Å². The smallest absolute Gasteiger partial charge is 0.270 e. The van der Waals surface area contributed by atoms with Crippen LogP contribution in [-0.4, -0.2) is 39.4 Å². The van der Waals surface area contributed by atoms with Gasteiger partial charge in [-0.2, -0.15) is 0 Å². The topological polar surface area (TPSA) is 91.1 Å². The van der Waals surface area contributed by atoms with Crippen molar-refractivity contribution in [3.63, 3.8) is 0 Å². The fourth-order valence-electron chi connectivity index (χ4n) is 3.24. The van der Waals surface area contributed by atoms with Crippen LogP contribution in [0.5, 0.6) is 5.75 Å². The molecular weight excluding hydrogens is 320 g/mol. The van der Waals surface area contributed by atoms with Crippen molar-refractivity contribution < 1.29 is 9.53 Å². The van der Waals surface area contributed by atoms with Gasteiger partial charge in [0.25, 0.3) is 11.5 Å². The van der Waals surface area contributed by atoms with Gasteiger partial charge in [-0.1, -0.05) is 0 Å². The summed E-state index contributed by atoms with van der Waals surface area (Å²) in [5.74, 6) is 1.21. The Morgan fingerprint density at radius 1 is 1.28 bits per heavy atom. The molecule has 7 heteroatoms. The standard InChI is InChI=1S/C18H18N4O3/c1-10-19-14-5-6-22(9-13(14)17(23)20-10)18(24)16-7-11-3-4-12(25-2)8-15(11)21-16/h3-4,7-8,21H,5-6,9H2,1-2H3,(H,19,20,23). The summed E-state index contributed by atoms with van der Waals surface area (Å²) in [6.45, 7) is 2.58. The van der Waals surface area contributed by atoms with E-state index in [1.54, 1.807) is 18.9 Å². The predicted octanol–water partition coefficient (Wildman–Crippen LogP) is 1.77. The Hall–Kier alpha value is -3.09. The fraction of sp³-hybridized carbons (Fsp3) is 0.278. The van der Waals surface area contributed by atoms with Crippen LogP contribution in [0.4, 0.5) is 0 Å². The van der Waals surface area contributed by atoms with Crippen LogP contribution in [0.3, 0.4) is 0 Å². The zero-order valence-corrected chi connectivity index (χ0v) is 14.0. The summed E-state index contributed by atoms with van der Waals surface area (Å²) in [7, 11) is 1.61. The summed E-state index contributed by atoms with van der Waals surface area (Å²) in [4.78, 5) is 36.9. The summed E-state index contributed by atoms with van der Waals surface area (Å²) in [6, 6.07) is 7.44. The van der Waals surface area contributed by atoms with E-state index in [2.05, 4.69) is 15.0 Å². The molecule has 0 bridgehead atoms. The van der Waals surface area contributed by atoms with Crippen molar-refractivity contribution in [2.24, 2.45) is 0 Å². The Balaban J connectivity index is 1.64. The lowest BCUT2D eigenvalue weighted by molar-refractivity contribution is 0.0727. The summed E-state index contributed by atoms with van der Waals surface area (Å²) < 4.78 is 5.21.